The highest BCUT2D eigenvalue weighted by atomic mass is 32.2. The molecule has 0 bridgehead atoms. The van der Waals surface area contributed by atoms with Gasteiger partial charge >= 0.3 is 0 Å². The first-order valence-corrected chi connectivity index (χ1v) is 11.0. The van der Waals surface area contributed by atoms with Crippen LogP contribution in [0.25, 0.3) is 0 Å². The monoisotopic (exact) mass is 406 g/mol. The van der Waals surface area contributed by atoms with Gasteiger partial charge in [0.15, 0.2) is 0 Å². The maximum Gasteiger partial charge on any atom is 0.244 e. The molecule has 0 spiro atoms. The van der Waals surface area contributed by atoms with Crippen LogP contribution in [0.1, 0.15) is 43.0 Å². The van der Waals surface area contributed by atoms with E-state index in [-0.39, 0.29) is 11.7 Å². The van der Waals surface area contributed by atoms with E-state index in [9.17, 15) is 17.6 Å². The molecule has 2 aromatic rings. The minimum Gasteiger partial charge on any atom is -0.347 e. The van der Waals surface area contributed by atoms with Gasteiger partial charge in [0.05, 0.1) is 18.0 Å². The predicted octanol–water partition coefficient (Wildman–Crippen LogP) is 3.86. The molecule has 0 radical (unpaired) electrons. The van der Waals surface area contributed by atoms with E-state index >= 15 is 0 Å². The maximum atomic E-state index is 13.6. The van der Waals surface area contributed by atoms with Crippen molar-refractivity contribution in [2.45, 2.75) is 46.2 Å². The number of anilines is 1. The molecule has 0 aliphatic heterocycles. The Morgan fingerprint density at radius 1 is 1.14 bits per heavy atom. The molecule has 0 heterocycles. The summed E-state index contributed by atoms with van der Waals surface area (Å²) < 4.78 is 39.2. The highest BCUT2D eigenvalue weighted by molar-refractivity contribution is 7.92. The fourth-order valence-corrected chi connectivity index (χ4v) is 4.28. The lowest BCUT2D eigenvalue weighted by molar-refractivity contribution is -0.122. The molecule has 7 heteroatoms. The summed E-state index contributed by atoms with van der Waals surface area (Å²) in [4.78, 5) is 12.9. The van der Waals surface area contributed by atoms with E-state index in [0.29, 0.717) is 6.42 Å². The summed E-state index contributed by atoms with van der Waals surface area (Å²) in [6.45, 7) is 7.47. The molecule has 2 rings (SSSR count). The second kappa shape index (κ2) is 8.73. The Balaban J connectivity index is 2.30. The Labute approximate surface area is 166 Å². The van der Waals surface area contributed by atoms with Gasteiger partial charge < -0.3 is 5.32 Å². The van der Waals surface area contributed by atoms with Crippen LogP contribution >= 0.6 is 0 Å². The first kappa shape index (κ1) is 21.9. The van der Waals surface area contributed by atoms with Gasteiger partial charge in [-0.3, -0.25) is 9.10 Å². The predicted molar refractivity (Wildman–Crippen MR) is 110 cm³/mol. The van der Waals surface area contributed by atoms with E-state index in [4.69, 9.17) is 0 Å². The van der Waals surface area contributed by atoms with Crippen LogP contribution in [-0.2, 0) is 14.8 Å². The quantitative estimate of drug-likeness (QED) is 0.759. The molecule has 1 amide bonds. The van der Waals surface area contributed by atoms with E-state index in [1.165, 1.54) is 25.1 Å². The van der Waals surface area contributed by atoms with Crippen LogP contribution in [0.3, 0.4) is 0 Å². The SMILES string of the molecule is CC[C@H](NC(=O)[C@@H](C)N(c1cccc(F)c1)S(C)(=O)=O)c1ccc(C)c(C)c1. The Kier molecular flexibility index (Phi) is 6.82. The third kappa shape index (κ3) is 5.10. The van der Waals surface area contributed by atoms with Crippen molar-refractivity contribution in [3.05, 3.63) is 65.0 Å². The van der Waals surface area contributed by atoms with Gasteiger partial charge in [-0.2, -0.15) is 0 Å². The van der Waals surface area contributed by atoms with Crippen molar-refractivity contribution in [2.75, 3.05) is 10.6 Å². The number of aryl methyl sites for hydroxylation is 2. The highest BCUT2D eigenvalue weighted by Gasteiger charge is 2.30. The summed E-state index contributed by atoms with van der Waals surface area (Å²) in [5.74, 6) is -1.01. The van der Waals surface area contributed by atoms with Crippen molar-refractivity contribution in [3.63, 3.8) is 0 Å². The third-order valence-corrected chi connectivity index (χ3v) is 6.05. The van der Waals surface area contributed by atoms with Crippen molar-refractivity contribution < 1.29 is 17.6 Å². The molecular formula is C21H27FN2O3S. The number of carbonyl (C=O) groups is 1. The first-order valence-electron chi connectivity index (χ1n) is 9.17. The summed E-state index contributed by atoms with van der Waals surface area (Å²) in [7, 11) is -3.79. The molecule has 0 fully saturated rings. The van der Waals surface area contributed by atoms with Gasteiger partial charge in [0.2, 0.25) is 15.9 Å². The van der Waals surface area contributed by atoms with Crippen molar-refractivity contribution >= 4 is 21.6 Å². The van der Waals surface area contributed by atoms with Gasteiger partial charge in [-0.25, -0.2) is 12.8 Å². The number of hydrogen-bond acceptors (Lipinski definition) is 3. The zero-order valence-corrected chi connectivity index (χ0v) is 17.7. The fraction of sp³-hybridized carbons (Fsp3) is 0.381. The number of benzene rings is 2. The van der Waals surface area contributed by atoms with Crippen LogP contribution in [0.4, 0.5) is 10.1 Å². The molecule has 0 aliphatic carbocycles. The lowest BCUT2D eigenvalue weighted by Gasteiger charge is -2.30. The van der Waals surface area contributed by atoms with Gasteiger partial charge in [0, 0.05) is 0 Å². The van der Waals surface area contributed by atoms with Gasteiger partial charge in [-0.1, -0.05) is 31.2 Å². The number of sulfonamides is 1. The van der Waals surface area contributed by atoms with Crippen LogP contribution < -0.4 is 9.62 Å². The number of carbonyl (C=O) groups excluding carboxylic acids is 1. The summed E-state index contributed by atoms with van der Waals surface area (Å²) in [6.07, 6.45) is 1.65. The van der Waals surface area contributed by atoms with Crippen LogP contribution in [-0.4, -0.2) is 26.6 Å². The average Bonchev–Trinajstić information content (AvgIpc) is 2.60. The summed E-state index contributed by atoms with van der Waals surface area (Å²) in [5, 5.41) is 2.93. The topological polar surface area (TPSA) is 66.5 Å². The molecule has 0 unspecified atom stereocenters. The molecule has 1 N–H and O–H groups in total. The van der Waals surface area contributed by atoms with E-state index in [2.05, 4.69) is 5.32 Å². The molecule has 28 heavy (non-hydrogen) atoms. The smallest absolute Gasteiger partial charge is 0.244 e. The van der Waals surface area contributed by atoms with Gasteiger partial charge in [-0.05, 0) is 62.1 Å². The van der Waals surface area contributed by atoms with E-state index < -0.39 is 27.8 Å². The molecule has 0 saturated carbocycles. The number of halogens is 1. The van der Waals surface area contributed by atoms with Crippen LogP contribution in [0, 0.1) is 19.7 Å². The standard InChI is InChI=1S/C21H27FN2O3S/c1-6-20(17-11-10-14(2)15(3)12-17)23-21(25)16(4)24(28(5,26)27)19-9-7-8-18(22)13-19/h7-13,16,20H,6H2,1-5H3,(H,23,25)/t16-,20+/m1/s1. The summed E-state index contributed by atoms with van der Waals surface area (Å²) in [5.41, 5.74) is 3.36. The third-order valence-electron chi connectivity index (χ3n) is 4.81. The number of amides is 1. The number of nitrogens with zero attached hydrogens (tertiary/aromatic N) is 1. The molecule has 5 nitrogen and oxygen atoms in total. The number of hydrogen-bond donors (Lipinski definition) is 1. The van der Waals surface area contributed by atoms with E-state index in [1.54, 1.807) is 0 Å². The highest BCUT2D eigenvalue weighted by Crippen LogP contribution is 2.24. The van der Waals surface area contributed by atoms with Crippen molar-refractivity contribution in [2.24, 2.45) is 0 Å². The second-order valence-electron chi connectivity index (χ2n) is 7.03. The molecule has 152 valence electrons. The van der Waals surface area contributed by atoms with Crippen LogP contribution in [0.2, 0.25) is 0 Å². The Morgan fingerprint density at radius 3 is 2.36 bits per heavy atom. The second-order valence-corrected chi connectivity index (χ2v) is 8.89. The Morgan fingerprint density at radius 2 is 1.82 bits per heavy atom. The Hall–Kier alpha value is -2.41. The van der Waals surface area contributed by atoms with Crippen molar-refractivity contribution in [1.29, 1.82) is 0 Å². The van der Waals surface area contributed by atoms with E-state index in [1.807, 2.05) is 39.0 Å². The zero-order chi connectivity index (χ0) is 21.1. The molecule has 0 saturated heterocycles. The fourth-order valence-electron chi connectivity index (χ4n) is 3.12. The zero-order valence-electron chi connectivity index (χ0n) is 16.9. The van der Waals surface area contributed by atoms with E-state index in [0.717, 1.165) is 33.3 Å². The first-order chi connectivity index (χ1) is 13.0. The molecule has 0 aromatic heterocycles. The summed E-state index contributed by atoms with van der Waals surface area (Å²) in [6, 6.07) is 9.91. The maximum absolute atomic E-state index is 13.6. The number of nitrogens with one attached hydrogen (secondary N) is 1. The van der Waals surface area contributed by atoms with Crippen molar-refractivity contribution in [3.8, 4) is 0 Å². The normalized spacial score (nSPS) is 13.6. The molecular weight excluding hydrogens is 379 g/mol. The lowest BCUT2D eigenvalue weighted by atomic mass is 9.99. The average molecular weight is 407 g/mol. The van der Waals surface area contributed by atoms with Gasteiger partial charge in [-0.15, -0.1) is 0 Å². The minimum absolute atomic E-state index is 0.115. The molecule has 2 aromatic carbocycles. The molecule has 2 atom stereocenters. The van der Waals surface area contributed by atoms with Crippen LogP contribution in [0.5, 0.6) is 0 Å². The molecule has 0 aliphatic rings. The number of rotatable bonds is 7. The van der Waals surface area contributed by atoms with Gasteiger partial charge in [0.1, 0.15) is 11.9 Å². The minimum atomic E-state index is -3.79. The van der Waals surface area contributed by atoms with Crippen LogP contribution in [0.15, 0.2) is 42.5 Å². The Bertz CT molecular complexity index is 960. The van der Waals surface area contributed by atoms with Gasteiger partial charge in [0.25, 0.3) is 0 Å². The van der Waals surface area contributed by atoms with Crippen molar-refractivity contribution in [1.82, 2.24) is 5.32 Å². The largest absolute Gasteiger partial charge is 0.347 e. The lowest BCUT2D eigenvalue weighted by Crippen LogP contribution is -2.48. The summed E-state index contributed by atoms with van der Waals surface area (Å²) >= 11 is 0.